The minimum absolute atomic E-state index is 0.0791. The zero-order valence-electron chi connectivity index (χ0n) is 13.8. The molecule has 0 saturated carbocycles. The van der Waals surface area contributed by atoms with Gasteiger partial charge in [0.25, 0.3) is 0 Å². The smallest absolute Gasteiger partial charge is 0.149 e. The van der Waals surface area contributed by atoms with Crippen LogP contribution < -0.4 is 0 Å². The van der Waals surface area contributed by atoms with E-state index >= 15 is 0 Å². The lowest BCUT2D eigenvalue weighted by Crippen LogP contribution is -2.32. The molecule has 0 amide bonds. The number of aromatic hydroxyl groups is 1. The van der Waals surface area contributed by atoms with Crippen molar-refractivity contribution in [3.8, 4) is 5.75 Å². The minimum atomic E-state index is -0.488. The van der Waals surface area contributed by atoms with Crippen LogP contribution in [0.25, 0.3) is 11.9 Å². The molecule has 132 valence electrons. The van der Waals surface area contributed by atoms with Crippen molar-refractivity contribution in [3.05, 3.63) is 57.9 Å². The molecule has 4 nitrogen and oxygen atoms in total. The molecule has 6 heteroatoms. The van der Waals surface area contributed by atoms with E-state index in [1.54, 1.807) is 24.4 Å². The molecule has 0 bridgehead atoms. The Labute approximate surface area is 151 Å². The molecular weight excluding hydrogens is 343 g/mol. The SMILES string of the molecule is OCCCN1CCc2cc(/C(F)=C/c3cccc(O)c3Cl)ncc2C1. The largest absolute Gasteiger partial charge is 0.506 e. The summed E-state index contributed by atoms with van der Waals surface area (Å²) in [6.07, 6.45) is 4.58. The quantitative estimate of drug-likeness (QED) is 0.852. The number of benzene rings is 1. The fraction of sp³-hybridized carbons (Fsp3) is 0.316. The van der Waals surface area contributed by atoms with E-state index in [2.05, 4.69) is 9.88 Å². The van der Waals surface area contributed by atoms with E-state index in [0.717, 1.165) is 43.6 Å². The van der Waals surface area contributed by atoms with E-state index in [0.29, 0.717) is 5.56 Å². The number of hydrogen-bond acceptors (Lipinski definition) is 4. The van der Waals surface area contributed by atoms with E-state index in [9.17, 15) is 9.50 Å². The molecule has 3 rings (SSSR count). The summed E-state index contributed by atoms with van der Waals surface area (Å²) < 4.78 is 14.6. The fourth-order valence-corrected chi connectivity index (χ4v) is 3.15. The number of hydrogen-bond donors (Lipinski definition) is 2. The molecule has 1 aromatic carbocycles. The Morgan fingerprint density at radius 1 is 1.36 bits per heavy atom. The molecule has 2 aromatic rings. The first-order valence-corrected chi connectivity index (χ1v) is 8.62. The van der Waals surface area contributed by atoms with E-state index in [4.69, 9.17) is 16.7 Å². The lowest BCUT2D eigenvalue weighted by molar-refractivity contribution is 0.212. The maximum absolute atomic E-state index is 14.6. The monoisotopic (exact) mass is 362 g/mol. The summed E-state index contributed by atoms with van der Waals surface area (Å²) in [5.41, 5.74) is 2.86. The lowest BCUT2D eigenvalue weighted by atomic mass is 10.0. The van der Waals surface area contributed by atoms with Gasteiger partial charge in [0, 0.05) is 32.4 Å². The Hall–Kier alpha value is -1.95. The van der Waals surface area contributed by atoms with Crippen molar-refractivity contribution in [3.63, 3.8) is 0 Å². The summed E-state index contributed by atoms with van der Waals surface area (Å²) in [7, 11) is 0. The number of rotatable bonds is 5. The number of aromatic nitrogens is 1. The van der Waals surface area contributed by atoms with Crippen LogP contribution in [-0.4, -0.2) is 39.8 Å². The molecule has 0 fully saturated rings. The standard InChI is InChI=1S/C19H20ClFN2O2/c20-19-14(3-1-4-18(19)25)9-16(21)17-10-13-5-7-23(6-2-8-24)12-15(13)11-22-17/h1,3-4,9-11,24-25H,2,5-8,12H2/b16-9-. The van der Waals surface area contributed by atoms with Gasteiger partial charge in [0.2, 0.25) is 0 Å². The van der Waals surface area contributed by atoms with Crippen LogP contribution in [0.4, 0.5) is 4.39 Å². The molecule has 1 aliphatic rings. The van der Waals surface area contributed by atoms with Gasteiger partial charge in [-0.2, -0.15) is 0 Å². The first-order valence-electron chi connectivity index (χ1n) is 8.24. The summed E-state index contributed by atoms with van der Waals surface area (Å²) in [5, 5.41) is 18.7. The second-order valence-corrected chi connectivity index (χ2v) is 6.49. The number of fused-ring (bicyclic) bond motifs is 1. The zero-order valence-corrected chi connectivity index (χ0v) is 14.5. The van der Waals surface area contributed by atoms with E-state index in [-0.39, 0.29) is 23.1 Å². The maximum atomic E-state index is 14.6. The minimum Gasteiger partial charge on any atom is -0.506 e. The molecule has 0 atom stereocenters. The number of phenolic OH excluding ortho intramolecular Hbond substituents is 1. The summed E-state index contributed by atoms with van der Waals surface area (Å²) in [6.45, 7) is 2.70. The van der Waals surface area contributed by atoms with Crippen LogP contribution in [-0.2, 0) is 13.0 Å². The van der Waals surface area contributed by atoms with Gasteiger partial charge in [-0.1, -0.05) is 23.7 Å². The first kappa shape index (κ1) is 17.9. The van der Waals surface area contributed by atoms with Crippen LogP contribution >= 0.6 is 11.6 Å². The topological polar surface area (TPSA) is 56.6 Å². The average molecular weight is 363 g/mol. The Kier molecular flexibility index (Phi) is 5.68. The second-order valence-electron chi connectivity index (χ2n) is 6.11. The third kappa shape index (κ3) is 4.18. The van der Waals surface area contributed by atoms with Gasteiger partial charge >= 0.3 is 0 Å². The van der Waals surface area contributed by atoms with Crippen molar-refractivity contribution in [1.29, 1.82) is 0 Å². The Bertz CT molecular complexity index is 795. The molecule has 0 saturated heterocycles. The van der Waals surface area contributed by atoms with Crippen LogP contribution in [0.1, 0.15) is 28.8 Å². The van der Waals surface area contributed by atoms with Gasteiger partial charge < -0.3 is 10.2 Å². The molecule has 0 aliphatic carbocycles. The Morgan fingerprint density at radius 3 is 3.00 bits per heavy atom. The number of pyridine rings is 1. The van der Waals surface area contributed by atoms with Crippen molar-refractivity contribution in [2.24, 2.45) is 0 Å². The van der Waals surface area contributed by atoms with Crippen LogP contribution in [0.5, 0.6) is 5.75 Å². The molecule has 2 heterocycles. The van der Waals surface area contributed by atoms with Crippen molar-refractivity contribution >= 4 is 23.5 Å². The van der Waals surface area contributed by atoms with Crippen LogP contribution in [0.2, 0.25) is 5.02 Å². The maximum Gasteiger partial charge on any atom is 0.149 e. The zero-order chi connectivity index (χ0) is 17.8. The highest BCUT2D eigenvalue weighted by Crippen LogP contribution is 2.30. The van der Waals surface area contributed by atoms with Gasteiger partial charge in [0.15, 0.2) is 0 Å². The van der Waals surface area contributed by atoms with Crippen LogP contribution in [0, 0.1) is 0 Å². The summed E-state index contributed by atoms with van der Waals surface area (Å²) >= 11 is 5.99. The van der Waals surface area contributed by atoms with Crippen LogP contribution in [0.3, 0.4) is 0 Å². The molecule has 0 spiro atoms. The third-order valence-electron chi connectivity index (χ3n) is 4.34. The predicted molar refractivity (Wildman–Crippen MR) is 97.0 cm³/mol. The molecule has 1 aliphatic heterocycles. The average Bonchev–Trinajstić information content (AvgIpc) is 2.63. The molecule has 1 aromatic heterocycles. The number of aliphatic hydroxyl groups is 1. The van der Waals surface area contributed by atoms with Gasteiger partial charge in [-0.3, -0.25) is 9.88 Å². The van der Waals surface area contributed by atoms with Gasteiger partial charge in [0.05, 0.1) is 10.7 Å². The Morgan fingerprint density at radius 2 is 2.20 bits per heavy atom. The van der Waals surface area contributed by atoms with Crippen molar-refractivity contribution in [1.82, 2.24) is 9.88 Å². The van der Waals surface area contributed by atoms with Gasteiger partial charge in [-0.05, 0) is 47.7 Å². The number of phenols is 1. The number of nitrogens with zero attached hydrogens (tertiary/aromatic N) is 2. The van der Waals surface area contributed by atoms with Gasteiger partial charge in [0.1, 0.15) is 11.6 Å². The molecular formula is C19H20ClFN2O2. The highest BCUT2D eigenvalue weighted by molar-refractivity contribution is 6.33. The highest BCUT2D eigenvalue weighted by atomic mass is 35.5. The molecule has 2 N–H and O–H groups in total. The second kappa shape index (κ2) is 7.95. The fourth-order valence-electron chi connectivity index (χ4n) is 2.97. The molecule has 0 radical (unpaired) electrons. The van der Waals surface area contributed by atoms with E-state index in [1.807, 2.05) is 0 Å². The normalized spacial score (nSPS) is 15.2. The highest BCUT2D eigenvalue weighted by Gasteiger charge is 2.17. The summed E-state index contributed by atoms with van der Waals surface area (Å²) in [5.74, 6) is -0.567. The predicted octanol–water partition coefficient (Wildman–Crippen LogP) is 3.65. The van der Waals surface area contributed by atoms with E-state index in [1.165, 1.54) is 12.1 Å². The van der Waals surface area contributed by atoms with Gasteiger partial charge in [-0.15, -0.1) is 0 Å². The summed E-state index contributed by atoms with van der Waals surface area (Å²) in [4.78, 5) is 6.49. The Balaban J connectivity index is 1.80. The van der Waals surface area contributed by atoms with Crippen LogP contribution in [0.15, 0.2) is 30.5 Å². The lowest BCUT2D eigenvalue weighted by Gasteiger charge is -2.28. The third-order valence-corrected chi connectivity index (χ3v) is 4.75. The number of halogens is 2. The van der Waals surface area contributed by atoms with Crippen molar-refractivity contribution in [2.45, 2.75) is 19.4 Å². The van der Waals surface area contributed by atoms with Crippen molar-refractivity contribution in [2.75, 3.05) is 19.7 Å². The molecule has 25 heavy (non-hydrogen) atoms. The summed E-state index contributed by atoms with van der Waals surface area (Å²) in [6, 6.07) is 6.49. The van der Waals surface area contributed by atoms with Crippen molar-refractivity contribution < 1.29 is 14.6 Å². The number of aliphatic hydroxyl groups excluding tert-OH is 1. The van der Waals surface area contributed by atoms with Gasteiger partial charge in [-0.25, -0.2) is 4.39 Å². The van der Waals surface area contributed by atoms with E-state index < -0.39 is 5.83 Å². The molecule has 0 unspecified atom stereocenters. The first-order chi connectivity index (χ1) is 12.1.